The summed E-state index contributed by atoms with van der Waals surface area (Å²) in [7, 11) is 0. The Bertz CT molecular complexity index is 903. The van der Waals surface area contributed by atoms with E-state index >= 15 is 0 Å². The van der Waals surface area contributed by atoms with Gasteiger partial charge in [-0.3, -0.25) is 0 Å². The van der Waals surface area contributed by atoms with Gasteiger partial charge in [-0.2, -0.15) is 18.4 Å². The Kier molecular flexibility index (Phi) is 3.50. The molecule has 114 valence electrons. The normalized spacial score (nSPS) is 11.2. The second kappa shape index (κ2) is 5.49. The summed E-state index contributed by atoms with van der Waals surface area (Å²) in [4.78, 5) is 14.4. The van der Waals surface area contributed by atoms with Gasteiger partial charge in [0.25, 0.3) is 0 Å². The molecule has 0 atom stereocenters. The number of alkyl halides is 3. The molecule has 2 heterocycles. The van der Waals surface area contributed by atoms with Crippen molar-refractivity contribution in [2.24, 2.45) is 0 Å². The first-order chi connectivity index (χ1) is 11.0. The third-order valence-electron chi connectivity index (χ3n) is 2.80. The highest BCUT2D eigenvalue weighted by atomic mass is 19.4. The summed E-state index contributed by atoms with van der Waals surface area (Å²) >= 11 is 0. The average molecular weight is 317 g/mol. The Labute approximate surface area is 127 Å². The van der Waals surface area contributed by atoms with Crippen LogP contribution in [0, 0.1) is 11.3 Å². The van der Waals surface area contributed by atoms with E-state index in [4.69, 9.17) is 10.00 Å². The molecular formula is C14H6F3N5O. The predicted molar refractivity (Wildman–Crippen MR) is 71.4 cm³/mol. The first-order valence-electron chi connectivity index (χ1n) is 6.20. The molecule has 0 saturated heterocycles. The van der Waals surface area contributed by atoms with E-state index in [1.807, 2.05) is 6.07 Å². The van der Waals surface area contributed by atoms with Crippen molar-refractivity contribution in [2.75, 3.05) is 0 Å². The number of hydrogen-bond acceptors (Lipinski definition) is 6. The maximum atomic E-state index is 12.6. The van der Waals surface area contributed by atoms with Crippen LogP contribution in [-0.2, 0) is 6.18 Å². The standard InChI is InChI=1S/C14H6F3N5O/c15-14(16,17)12-19-7-9-10(22-12)2-1-3-11(9)23-13-20-5-8(4-18)6-21-13/h1-3,5-7H. The van der Waals surface area contributed by atoms with Crippen molar-refractivity contribution in [1.29, 1.82) is 5.26 Å². The third kappa shape index (κ3) is 3.01. The zero-order valence-electron chi connectivity index (χ0n) is 11.2. The Morgan fingerprint density at radius 3 is 2.43 bits per heavy atom. The summed E-state index contributed by atoms with van der Waals surface area (Å²) in [5, 5.41) is 8.96. The van der Waals surface area contributed by atoms with Crippen molar-refractivity contribution >= 4 is 10.9 Å². The largest absolute Gasteiger partial charge is 0.451 e. The fourth-order valence-electron chi connectivity index (χ4n) is 1.78. The van der Waals surface area contributed by atoms with Crippen LogP contribution in [0.1, 0.15) is 11.4 Å². The molecule has 0 amide bonds. The third-order valence-corrected chi connectivity index (χ3v) is 2.80. The summed E-state index contributed by atoms with van der Waals surface area (Å²) in [6.45, 7) is 0. The van der Waals surface area contributed by atoms with Gasteiger partial charge in [-0.05, 0) is 12.1 Å². The number of hydrogen-bond donors (Lipinski definition) is 0. The van der Waals surface area contributed by atoms with E-state index in [1.165, 1.54) is 30.6 Å². The number of aromatic nitrogens is 4. The molecule has 2 aromatic heterocycles. The monoisotopic (exact) mass is 317 g/mol. The van der Waals surface area contributed by atoms with Gasteiger partial charge in [0.1, 0.15) is 11.8 Å². The molecule has 0 aliphatic heterocycles. The highest BCUT2D eigenvalue weighted by Crippen LogP contribution is 2.31. The van der Waals surface area contributed by atoms with Gasteiger partial charge in [-0.1, -0.05) is 6.07 Å². The van der Waals surface area contributed by atoms with Gasteiger partial charge in [0.15, 0.2) is 0 Å². The molecule has 23 heavy (non-hydrogen) atoms. The Morgan fingerprint density at radius 2 is 1.78 bits per heavy atom. The topological polar surface area (TPSA) is 84.6 Å². The van der Waals surface area contributed by atoms with Crippen LogP contribution < -0.4 is 4.74 Å². The van der Waals surface area contributed by atoms with E-state index in [0.29, 0.717) is 0 Å². The van der Waals surface area contributed by atoms with Crippen molar-refractivity contribution in [3.05, 3.63) is 48.2 Å². The molecule has 0 aliphatic carbocycles. The summed E-state index contributed by atoms with van der Waals surface area (Å²) in [6.07, 6.45) is -1.05. The maximum absolute atomic E-state index is 12.6. The SMILES string of the molecule is N#Cc1cnc(Oc2cccc3nc(C(F)(F)F)ncc23)nc1. The highest BCUT2D eigenvalue weighted by molar-refractivity contribution is 5.84. The molecule has 3 rings (SSSR count). The molecule has 6 nitrogen and oxygen atoms in total. The van der Waals surface area contributed by atoms with E-state index in [9.17, 15) is 13.2 Å². The summed E-state index contributed by atoms with van der Waals surface area (Å²) < 4.78 is 43.3. The second-order valence-electron chi connectivity index (χ2n) is 4.35. The molecule has 0 saturated carbocycles. The lowest BCUT2D eigenvalue weighted by atomic mass is 10.2. The second-order valence-corrected chi connectivity index (χ2v) is 4.35. The van der Waals surface area contributed by atoms with Gasteiger partial charge < -0.3 is 4.74 Å². The number of halogens is 3. The minimum atomic E-state index is -4.62. The van der Waals surface area contributed by atoms with Crippen LogP contribution in [-0.4, -0.2) is 19.9 Å². The van der Waals surface area contributed by atoms with E-state index in [-0.39, 0.29) is 28.2 Å². The van der Waals surface area contributed by atoms with Crippen LogP contribution in [0.3, 0.4) is 0 Å². The summed E-state index contributed by atoms with van der Waals surface area (Å²) in [6, 6.07) is 6.25. The number of rotatable bonds is 2. The molecule has 0 unspecified atom stereocenters. The fourth-order valence-corrected chi connectivity index (χ4v) is 1.78. The highest BCUT2D eigenvalue weighted by Gasteiger charge is 2.34. The molecule has 0 fully saturated rings. The number of ether oxygens (including phenoxy) is 1. The van der Waals surface area contributed by atoms with E-state index in [0.717, 1.165) is 6.20 Å². The quantitative estimate of drug-likeness (QED) is 0.722. The van der Waals surface area contributed by atoms with Crippen LogP contribution in [0.2, 0.25) is 0 Å². The lowest BCUT2D eigenvalue weighted by Crippen LogP contribution is -2.10. The van der Waals surface area contributed by atoms with Crippen LogP contribution in [0.4, 0.5) is 13.2 Å². The smallest absolute Gasteiger partial charge is 0.424 e. The molecule has 0 aliphatic rings. The van der Waals surface area contributed by atoms with Crippen LogP contribution in [0.5, 0.6) is 11.8 Å². The zero-order chi connectivity index (χ0) is 16.4. The van der Waals surface area contributed by atoms with Gasteiger partial charge in [0, 0.05) is 6.20 Å². The van der Waals surface area contributed by atoms with E-state index in [1.54, 1.807) is 0 Å². The molecule has 3 aromatic rings. The number of nitrogens with zero attached hydrogens (tertiary/aromatic N) is 5. The van der Waals surface area contributed by atoms with Crippen molar-refractivity contribution in [2.45, 2.75) is 6.18 Å². The van der Waals surface area contributed by atoms with Crippen molar-refractivity contribution in [3.8, 4) is 17.8 Å². The first kappa shape index (κ1) is 14.6. The predicted octanol–water partition coefficient (Wildman–Crippen LogP) is 3.10. The fraction of sp³-hybridized carbons (Fsp3) is 0.0714. The molecule has 0 spiro atoms. The number of benzene rings is 1. The molecule has 0 radical (unpaired) electrons. The molecule has 1 aromatic carbocycles. The lowest BCUT2D eigenvalue weighted by molar-refractivity contribution is -0.144. The Hall–Kier alpha value is -3.28. The van der Waals surface area contributed by atoms with Gasteiger partial charge in [0.05, 0.1) is 28.9 Å². The van der Waals surface area contributed by atoms with E-state index in [2.05, 4.69) is 19.9 Å². The van der Waals surface area contributed by atoms with Crippen LogP contribution >= 0.6 is 0 Å². The van der Waals surface area contributed by atoms with Gasteiger partial charge >= 0.3 is 12.2 Å². The molecule has 0 N–H and O–H groups in total. The van der Waals surface area contributed by atoms with Gasteiger partial charge in [0.2, 0.25) is 5.82 Å². The minimum Gasteiger partial charge on any atom is -0.424 e. The average Bonchev–Trinajstić information content (AvgIpc) is 2.54. The minimum absolute atomic E-state index is 0.0450. The van der Waals surface area contributed by atoms with Crippen molar-refractivity contribution in [1.82, 2.24) is 19.9 Å². The number of nitriles is 1. The van der Waals surface area contributed by atoms with Crippen LogP contribution in [0.25, 0.3) is 10.9 Å². The summed E-state index contributed by atoms with van der Waals surface area (Å²) in [5.41, 5.74) is 0.340. The van der Waals surface area contributed by atoms with E-state index < -0.39 is 12.0 Å². The van der Waals surface area contributed by atoms with Crippen LogP contribution in [0.15, 0.2) is 36.8 Å². The first-order valence-corrected chi connectivity index (χ1v) is 6.20. The van der Waals surface area contributed by atoms with Gasteiger partial charge in [-0.25, -0.2) is 19.9 Å². The van der Waals surface area contributed by atoms with Crippen molar-refractivity contribution in [3.63, 3.8) is 0 Å². The van der Waals surface area contributed by atoms with Crippen molar-refractivity contribution < 1.29 is 17.9 Å². The lowest BCUT2D eigenvalue weighted by Gasteiger charge is -2.09. The molecule has 0 bridgehead atoms. The number of fused-ring (bicyclic) bond motifs is 1. The molecule has 9 heteroatoms. The molecular weight excluding hydrogens is 311 g/mol. The Balaban J connectivity index is 1.99. The maximum Gasteiger partial charge on any atom is 0.451 e. The summed E-state index contributed by atoms with van der Waals surface area (Å²) in [5.74, 6) is -1.02. The zero-order valence-corrected chi connectivity index (χ0v) is 11.2. The van der Waals surface area contributed by atoms with Gasteiger partial charge in [-0.15, -0.1) is 0 Å². The Morgan fingerprint density at radius 1 is 1.04 bits per heavy atom.